The summed E-state index contributed by atoms with van der Waals surface area (Å²) in [5.74, 6) is -0.112. The van der Waals surface area contributed by atoms with Gasteiger partial charge < -0.3 is 5.32 Å². The lowest BCUT2D eigenvalue weighted by atomic mass is 10.0. The second kappa shape index (κ2) is 6.04. The first-order valence-corrected chi connectivity index (χ1v) is 7.88. The summed E-state index contributed by atoms with van der Waals surface area (Å²) in [5, 5.41) is 5.47. The van der Waals surface area contributed by atoms with Crippen LogP contribution in [-0.4, -0.2) is 31.1 Å². The first-order valence-electron chi connectivity index (χ1n) is 7.00. The molecule has 0 aliphatic carbocycles. The minimum absolute atomic E-state index is 0.112. The first-order chi connectivity index (χ1) is 9.75. The van der Waals surface area contributed by atoms with Gasteiger partial charge in [-0.3, -0.25) is 4.90 Å². The predicted molar refractivity (Wildman–Crippen MR) is 81.7 cm³/mol. The van der Waals surface area contributed by atoms with E-state index in [1.807, 2.05) is 13.0 Å². The summed E-state index contributed by atoms with van der Waals surface area (Å²) in [6.07, 6.45) is 0. The third-order valence-electron chi connectivity index (χ3n) is 3.84. The Morgan fingerprint density at radius 2 is 2.05 bits per heavy atom. The van der Waals surface area contributed by atoms with Crippen molar-refractivity contribution in [2.75, 3.05) is 26.2 Å². The number of thiophene rings is 1. The van der Waals surface area contributed by atoms with Gasteiger partial charge in [0.25, 0.3) is 0 Å². The Morgan fingerprint density at radius 3 is 2.70 bits per heavy atom. The highest BCUT2D eigenvalue weighted by Crippen LogP contribution is 2.32. The van der Waals surface area contributed by atoms with Gasteiger partial charge in [0.05, 0.1) is 6.04 Å². The number of piperazine rings is 1. The minimum atomic E-state index is -0.112. The highest BCUT2D eigenvalue weighted by Gasteiger charge is 2.25. The predicted octanol–water partition coefficient (Wildman–Crippen LogP) is 3.19. The fraction of sp³-hybridized carbons (Fsp3) is 0.375. The molecule has 0 spiro atoms. The second-order valence-corrected chi connectivity index (χ2v) is 6.19. The quantitative estimate of drug-likeness (QED) is 0.934. The molecule has 1 atom stereocenters. The largest absolute Gasteiger partial charge is 0.314 e. The zero-order valence-corrected chi connectivity index (χ0v) is 12.4. The van der Waals surface area contributed by atoms with E-state index >= 15 is 0 Å². The average molecular weight is 290 g/mol. The van der Waals surface area contributed by atoms with Crippen molar-refractivity contribution in [2.45, 2.75) is 13.0 Å². The van der Waals surface area contributed by atoms with Gasteiger partial charge in [-0.15, -0.1) is 11.3 Å². The molecule has 1 N–H and O–H groups in total. The van der Waals surface area contributed by atoms with Gasteiger partial charge in [0.15, 0.2) is 0 Å². The summed E-state index contributed by atoms with van der Waals surface area (Å²) in [7, 11) is 0. The molecule has 0 amide bonds. The van der Waals surface area contributed by atoms with Crippen molar-refractivity contribution in [3.05, 3.63) is 57.5 Å². The van der Waals surface area contributed by atoms with Crippen LogP contribution in [0, 0.1) is 12.7 Å². The monoisotopic (exact) mass is 290 g/mol. The molecule has 2 heterocycles. The van der Waals surface area contributed by atoms with E-state index in [4.69, 9.17) is 0 Å². The molecular weight excluding hydrogens is 271 g/mol. The van der Waals surface area contributed by atoms with Crippen LogP contribution in [-0.2, 0) is 0 Å². The second-order valence-electron chi connectivity index (χ2n) is 5.21. The summed E-state index contributed by atoms with van der Waals surface area (Å²) >= 11 is 1.75. The van der Waals surface area contributed by atoms with Crippen molar-refractivity contribution >= 4 is 11.3 Å². The van der Waals surface area contributed by atoms with E-state index < -0.39 is 0 Å². The molecule has 2 aromatic rings. The lowest BCUT2D eigenvalue weighted by Gasteiger charge is -2.34. The molecule has 20 heavy (non-hydrogen) atoms. The smallest absolute Gasteiger partial charge is 0.126 e. The third kappa shape index (κ3) is 2.77. The van der Waals surface area contributed by atoms with Gasteiger partial charge in [0.2, 0.25) is 0 Å². The molecular formula is C16H19FN2S. The van der Waals surface area contributed by atoms with E-state index in [0.29, 0.717) is 5.56 Å². The molecule has 0 unspecified atom stereocenters. The van der Waals surface area contributed by atoms with Crippen molar-refractivity contribution in [3.8, 4) is 0 Å². The number of nitrogens with zero attached hydrogens (tertiary/aromatic N) is 1. The van der Waals surface area contributed by atoms with Crippen LogP contribution in [0.15, 0.2) is 35.7 Å². The third-order valence-corrected chi connectivity index (χ3v) is 4.77. The summed E-state index contributed by atoms with van der Waals surface area (Å²) in [6.45, 7) is 5.80. The Labute approximate surface area is 123 Å². The number of rotatable bonds is 3. The zero-order valence-electron chi connectivity index (χ0n) is 11.6. The van der Waals surface area contributed by atoms with Crippen LogP contribution in [0.2, 0.25) is 0 Å². The van der Waals surface area contributed by atoms with Gasteiger partial charge >= 0.3 is 0 Å². The van der Waals surface area contributed by atoms with Crippen LogP contribution in [0.5, 0.6) is 0 Å². The molecule has 1 saturated heterocycles. The fourth-order valence-corrected chi connectivity index (χ4v) is 3.61. The molecule has 106 valence electrons. The molecule has 0 bridgehead atoms. The van der Waals surface area contributed by atoms with Crippen LogP contribution >= 0.6 is 11.3 Å². The summed E-state index contributed by atoms with van der Waals surface area (Å²) in [6, 6.07) is 10.0. The highest BCUT2D eigenvalue weighted by atomic mass is 32.1. The van der Waals surface area contributed by atoms with Crippen LogP contribution in [0.4, 0.5) is 4.39 Å². The highest BCUT2D eigenvalue weighted by molar-refractivity contribution is 7.10. The van der Waals surface area contributed by atoms with Crippen LogP contribution < -0.4 is 5.32 Å². The molecule has 3 rings (SSSR count). The molecule has 0 saturated carbocycles. The average Bonchev–Trinajstić information content (AvgIpc) is 2.98. The molecule has 1 fully saturated rings. The lowest BCUT2D eigenvalue weighted by Crippen LogP contribution is -2.45. The standard InChI is InChI=1S/C16H19FN2S/c1-12-4-5-13(11-14(12)17)16(15-3-2-10-20-15)19-8-6-18-7-9-19/h2-5,10-11,16,18H,6-9H2,1H3/t16-/m1/s1. The summed E-state index contributed by atoms with van der Waals surface area (Å²) in [5.41, 5.74) is 1.76. The van der Waals surface area contributed by atoms with Gasteiger partial charge in [-0.1, -0.05) is 18.2 Å². The molecule has 1 aliphatic rings. The number of hydrogen-bond donors (Lipinski definition) is 1. The van der Waals surface area contributed by atoms with Gasteiger partial charge in [0.1, 0.15) is 5.82 Å². The maximum atomic E-state index is 13.9. The van der Waals surface area contributed by atoms with Gasteiger partial charge in [-0.25, -0.2) is 4.39 Å². The number of aryl methyl sites for hydroxylation is 1. The number of nitrogens with one attached hydrogen (secondary N) is 1. The Morgan fingerprint density at radius 1 is 1.25 bits per heavy atom. The van der Waals surface area contributed by atoms with Crippen LogP contribution in [0.1, 0.15) is 22.0 Å². The molecule has 1 aromatic heterocycles. The van der Waals surface area contributed by atoms with Crippen molar-refractivity contribution in [1.29, 1.82) is 0 Å². The number of hydrogen-bond acceptors (Lipinski definition) is 3. The van der Waals surface area contributed by atoms with E-state index in [0.717, 1.165) is 31.7 Å². The van der Waals surface area contributed by atoms with Crippen molar-refractivity contribution in [2.24, 2.45) is 0 Å². The zero-order chi connectivity index (χ0) is 13.9. The van der Waals surface area contributed by atoms with Gasteiger partial charge in [-0.05, 0) is 35.6 Å². The molecule has 1 aromatic carbocycles. The normalized spacial score (nSPS) is 18.1. The molecule has 2 nitrogen and oxygen atoms in total. The summed E-state index contributed by atoms with van der Waals surface area (Å²) in [4.78, 5) is 3.72. The van der Waals surface area contributed by atoms with Gasteiger partial charge in [0, 0.05) is 31.1 Å². The maximum Gasteiger partial charge on any atom is 0.126 e. The maximum absolute atomic E-state index is 13.9. The Kier molecular flexibility index (Phi) is 4.15. The van der Waals surface area contributed by atoms with Crippen molar-refractivity contribution in [3.63, 3.8) is 0 Å². The molecule has 0 radical (unpaired) electrons. The van der Waals surface area contributed by atoms with E-state index in [9.17, 15) is 4.39 Å². The topological polar surface area (TPSA) is 15.3 Å². The van der Waals surface area contributed by atoms with Gasteiger partial charge in [-0.2, -0.15) is 0 Å². The van der Waals surface area contributed by atoms with Crippen LogP contribution in [0.25, 0.3) is 0 Å². The minimum Gasteiger partial charge on any atom is -0.314 e. The van der Waals surface area contributed by atoms with E-state index in [-0.39, 0.29) is 11.9 Å². The fourth-order valence-electron chi connectivity index (χ4n) is 2.72. The summed E-state index contributed by atoms with van der Waals surface area (Å²) < 4.78 is 13.9. The molecule has 4 heteroatoms. The Balaban J connectivity index is 1.98. The number of halogens is 1. The Hall–Kier alpha value is -1.23. The van der Waals surface area contributed by atoms with Crippen molar-refractivity contribution < 1.29 is 4.39 Å². The van der Waals surface area contributed by atoms with E-state index in [2.05, 4.69) is 33.8 Å². The number of benzene rings is 1. The van der Waals surface area contributed by atoms with E-state index in [1.165, 1.54) is 4.88 Å². The molecule has 1 aliphatic heterocycles. The Bertz CT molecular complexity index is 562. The van der Waals surface area contributed by atoms with Crippen molar-refractivity contribution in [1.82, 2.24) is 10.2 Å². The SMILES string of the molecule is Cc1ccc([C@H](c2cccs2)N2CCNCC2)cc1F. The van der Waals surface area contributed by atoms with Crippen LogP contribution in [0.3, 0.4) is 0 Å². The van der Waals surface area contributed by atoms with E-state index in [1.54, 1.807) is 17.4 Å². The lowest BCUT2D eigenvalue weighted by molar-refractivity contribution is 0.200. The first kappa shape index (κ1) is 13.7.